The van der Waals surface area contributed by atoms with E-state index >= 15 is 0 Å². The Bertz CT molecular complexity index is 1010. The molecule has 1 aromatic heterocycles. The Balaban J connectivity index is 1.57. The number of hydrogen-bond acceptors (Lipinski definition) is 6. The number of rotatable bonds is 6. The van der Waals surface area contributed by atoms with Crippen molar-refractivity contribution in [1.29, 1.82) is 0 Å². The molecule has 150 valence electrons. The van der Waals surface area contributed by atoms with Crippen molar-refractivity contribution in [3.63, 3.8) is 0 Å². The van der Waals surface area contributed by atoms with Crippen LogP contribution in [-0.2, 0) is 20.9 Å². The zero-order valence-corrected chi connectivity index (χ0v) is 16.8. The highest BCUT2D eigenvalue weighted by Gasteiger charge is 2.20. The van der Waals surface area contributed by atoms with Crippen LogP contribution in [0.2, 0.25) is 0 Å². The number of nitrogens with zero attached hydrogens (tertiary/aromatic N) is 4. The Hall–Kier alpha value is -3.55. The van der Waals surface area contributed by atoms with E-state index in [2.05, 4.69) is 20.7 Å². The molecule has 1 heterocycles. The second-order valence-corrected chi connectivity index (χ2v) is 6.90. The Morgan fingerprint density at radius 3 is 2.38 bits per heavy atom. The van der Waals surface area contributed by atoms with Gasteiger partial charge in [0.25, 0.3) is 5.91 Å². The van der Waals surface area contributed by atoms with Gasteiger partial charge in [-0.25, -0.2) is 4.79 Å². The van der Waals surface area contributed by atoms with Gasteiger partial charge in [-0.2, -0.15) is 4.80 Å². The third-order valence-electron chi connectivity index (χ3n) is 4.44. The highest BCUT2D eigenvalue weighted by atomic mass is 16.5. The summed E-state index contributed by atoms with van der Waals surface area (Å²) in [6, 6.07) is 13.4. The van der Waals surface area contributed by atoms with Gasteiger partial charge in [0.1, 0.15) is 0 Å². The summed E-state index contributed by atoms with van der Waals surface area (Å²) in [6.07, 6.45) is -0.957. The van der Waals surface area contributed by atoms with Crippen molar-refractivity contribution in [2.45, 2.75) is 40.3 Å². The topological polar surface area (TPSA) is 99.0 Å². The molecule has 0 fully saturated rings. The molecule has 3 rings (SSSR count). The van der Waals surface area contributed by atoms with Crippen molar-refractivity contribution in [2.75, 3.05) is 5.32 Å². The molecule has 0 aliphatic rings. The number of hydrogen-bond donors (Lipinski definition) is 1. The van der Waals surface area contributed by atoms with Gasteiger partial charge >= 0.3 is 5.97 Å². The lowest BCUT2D eigenvalue weighted by Crippen LogP contribution is -2.32. The van der Waals surface area contributed by atoms with E-state index in [1.165, 1.54) is 6.92 Å². The summed E-state index contributed by atoms with van der Waals surface area (Å²) in [7, 11) is 0. The molecular formula is C21H23N5O3. The third kappa shape index (κ3) is 5.04. The number of carbonyl (C=O) groups is 2. The first-order chi connectivity index (χ1) is 13.8. The van der Waals surface area contributed by atoms with Crippen LogP contribution in [0.3, 0.4) is 0 Å². The number of benzene rings is 2. The lowest BCUT2D eigenvalue weighted by atomic mass is 10.1. The Kier molecular flexibility index (Phi) is 6.01. The molecule has 29 heavy (non-hydrogen) atoms. The molecule has 1 unspecified atom stereocenters. The smallest absolute Gasteiger partial charge is 0.330 e. The molecule has 0 bridgehead atoms. The molecule has 3 aromatic rings. The molecule has 0 radical (unpaired) electrons. The van der Waals surface area contributed by atoms with E-state index in [1.54, 1.807) is 0 Å². The SMILES string of the molecule is Cc1ccc(-c2nnn(CC(=O)OC(C)C(=O)Nc3c(C)cccc3C)n2)cc1. The predicted octanol–water partition coefficient (Wildman–Crippen LogP) is 2.84. The third-order valence-corrected chi connectivity index (χ3v) is 4.44. The van der Waals surface area contributed by atoms with Gasteiger partial charge in [-0.05, 0) is 44.0 Å². The van der Waals surface area contributed by atoms with Crippen LogP contribution < -0.4 is 5.32 Å². The number of carbonyl (C=O) groups excluding carboxylic acids is 2. The largest absolute Gasteiger partial charge is 0.451 e. The van der Waals surface area contributed by atoms with Crippen LogP contribution in [0, 0.1) is 20.8 Å². The van der Waals surface area contributed by atoms with Crippen molar-refractivity contribution in [3.05, 3.63) is 59.2 Å². The van der Waals surface area contributed by atoms with Crippen molar-refractivity contribution < 1.29 is 14.3 Å². The van der Waals surface area contributed by atoms with Gasteiger partial charge in [-0.15, -0.1) is 10.2 Å². The number of ether oxygens (including phenoxy) is 1. The molecule has 0 spiro atoms. The number of aryl methyl sites for hydroxylation is 3. The maximum Gasteiger partial charge on any atom is 0.330 e. The summed E-state index contributed by atoms with van der Waals surface area (Å²) in [5.74, 6) is -0.608. The average molecular weight is 393 g/mol. The van der Waals surface area contributed by atoms with Crippen LogP contribution in [0.1, 0.15) is 23.6 Å². The molecule has 0 aliphatic heterocycles. The molecule has 0 saturated carbocycles. The molecule has 8 heteroatoms. The van der Waals surface area contributed by atoms with Crippen LogP contribution >= 0.6 is 0 Å². The van der Waals surface area contributed by atoms with Gasteiger partial charge in [-0.1, -0.05) is 48.0 Å². The number of aromatic nitrogens is 4. The summed E-state index contributed by atoms with van der Waals surface area (Å²) < 4.78 is 5.22. The number of tetrazole rings is 1. The lowest BCUT2D eigenvalue weighted by molar-refractivity contribution is -0.154. The summed E-state index contributed by atoms with van der Waals surface area (Å²) in [5.41, 5.74) is 4.52. The maximum atomic E-state index is 12.4. The molecule has 2 aromatic carbocycles. The van der Waals surface area contributed by atoms with Crippen LogP contribution in [0.4, 0.5) is 5.69 Å². The minimum atomic E-state index is -0.957. The van der Waals surface area contributed by atoms with Crippen molar-refractivity contribution in [1.82, 2.24) is 20.2 Å². The highest BCUT2D eigenvalue weighted by Crippen LogP contribution is 2.20. The molecule has 8 nitrogen and oxygen atoms in total. The van der Waals surface area contributed by atoms with Gasteiger partial charge in [0.2, 0.25) is 5.82 Å². The van der Waals surface area contributed by atoms with Gasteiger partial charge in [0.05, 0.1) is 0 Å². The summed E-state index contributed by atoms with van der Waals surface area (Å²) in [4.78, 5) is 25.7. The van der Waals surface area contributed by atoms with Crippen LogP contribution in [0.25, 0.3) is 11.4 Å². The monoisotopic (exact) mass is 393 g/mol. The maximum absolute atomic E-state index is 12.4. The van der Waals surface area contributed by atoms with Gasteiger partial charge in [-0.3, -0.25) is 4.79 Å². The fraction of sp³-hybridized carbons (Fsp3) is 0.286. The Morgan fingerprint density at radius 2 is 1.72 bits per heavy atom. The normalized spacial score (nSPS) is 11.7. The quantitative estimate of drug-likeness (QED) is 0.647. The van der Waals surface area contributed by atoms with Gasteiger partial charge < -0.3 is 10.1 Å². The van der Waals surface area contributed by atoms with Crippen LogP contribution in [0.5, 0.6) is 0 Å². The lowest BCUT2D eigenvalue weighted by Gasteiger charge is -2.16. The molecule has 0 aliphatic carbocycles. The first-order valence-corrected chi connectivity index (χ1v) is 9.25. The Morgan fingerprint density at radius 1 is 1.07 bits per heavy atom. The number of anilines is 1. The van der Waals surface area contributed by atoms with Gasteiger partial charge in [0, 0.05) is 11.3 Å². The fourth-order valence-corrected chi connectivity index (χ4v) is 2.77. The molecular weight excluding hydrogens is 370 g/mol. The van der Waals surface area contributed by atoms with Crippen molar-refractivity contribution in [2.24, 2.45) is 0 Å². The van der Waals surface area contributed by atoms with E-state index in [-0.39, 0.29) is 6.54 Å². The van der Waals surface area contributed by atoms with Gasteiger partial charge in [0.15, 0.2) is 12.6 Å². The molecule has 1 amide bonds. The van der Waals surface area contributed by atoms with Crippen molar-refractivity contribution in [3.8, 4) is 11.4 Å². The van der Waals surface area contributed by atoms with E-state index in [9.17, 15) is 9.59 Å². The van der Waals surface area contributed by atoms with Crippen molar-refractivity contribution >= 4 is 17.6 Å². The number of nitrogens with one attached hydrogen (secondary N) is 1. The standard InChI is InChI=1S/C21H23N5O3/c1-13-8-10-17(11-9-13)20-23-25-26(24-20)12-18(27)29-16(4)21(28)22-19-14(2)6-5-7-15(19)3/h5-11,16H,12H2,1-4H3,(H,22,28). The van der Waals surface area contributed by atoms with E-state index in [0.717, 1.165) is 32.7 Å². The first-order valence-electron chi connectivity index (χ1n) is 9.25. The van der Waals surface area contributed by atoms with Crippen LogP contribution in [-0.4, -0.2) is 38.2 Å². The summed E-state index contributed by atoms with van der Waals surface area (Å²) in [6.45, 7) is 7.08. The second-order valence-electron chi connectivity index (χ2n) is 6.90. The number of esters is 1. The van der Waals surface area contributed by atoms with E-state index < -0.39 is 18.0 Å². The summed E-state index contributed by atoms with van der Waals surface area (Å²) >= 11 is 0. The van der Waals surface area contributed by atoms with E-state index in [0.29, 0.717) is 5.82 Å². The summed E-state index contributed by atoms with van der Waals surface area (Å²) in [5, 5.41) is 14.8. The zero-order valence-electron chi connectivity index (χ0n) is 16.8. The molecule has 1 N–H and O–H groups in total. The van der Waals surface area contributed by atoms with Crippen LogP contribution in [0.15, 0.2) is 42.5 Å². The number of amides is 1. The first kappa shape index (κ1) is 20.2. The molecule has 1 atom stereocenters. The van der Waals surface area contributed by atoms with E-state index in [1.807, 2.05) is 63.2 Å². The highest BCUT2D eigenvalue weighted by molar-refractivity contribution is 5.96. The fourth-order valence-electron chi connectivity index (χ4n) is 2.77. The molecule has 0 saturated heterocycles. The minimum Gasteiger partial charge on any atom is -0.451 e. The Labute approximate surface area is 168 Å². The zero-order chi connectivity index (χ0) is 21.0. The number of para-hydroxylation sites is 1. The van der Waals surface area contributed by atoms with E-state index in [4.69, 9.17) is 4.74 Å². The second kappa shape index (κ2) is 8.64. The minimum absolute atomic E-state index is 0.236. The average Bonchev–Trinajstić information content (AvgIpc) is 3.13. The predicted molar refractivity (Wildman–Crippen MR) is 108 cm³/mol.